The lowest BCUT2D eigenvalue weighted by molar-refractivity contribution is -0.384. The molecule has 1 fully saturated rings. The first-order valence-corrected chi connectivity index (χ1v) is 6.53. The lowest BCUT2D eigenvalue weighted by Gasteiger charge is -2.18. The fraction of sp³-hybridized carbons (Fsp3) is 0.429. The second kappa shape index (κ2) is 6.15. The van der Waals surface area contributed by atoms with Crippen molar-refractivity contribution >= 4 is 11.6 Å². The van der Waals surface area contributed by atoms with Gasteiger partial charge in [0.1, 0.15) is 5.92 Å². The minimum Gasteiger partial charge on any atom is -0.342 e. The van der Waals surface area contributed by atoms with E-state index in [2.05, 4.69) is 0 Å². The summed E-state index contributed by atoms with van der Waals surface area (Å²) in [6.07, 6.45) is 2.27. The van der Waals surface area contributed by atoms with E-state index >= 15 is 0 Å². The normalized spacial score (nSPS) is 15.7. The van der Waals surface area contributed by atoms with Gasteiger partial charge in [-0.2, -0.15) is 5.26 Å². The fourth-order valence-corrected chi connectivity index (χ4v) is 2.34. The summed E-state index contributed by atoms with van der Waals surface area (Å²) in [4.78, 5) is 24.0. The van der Waals surface area contributed by atoms with E-state index < -0.39 is 10.8 Å². The highest BCUT2D eigenvalue weighted by atomic mass is 16.6. The van der Waals surface area contributed by atoms with Crippen molar-refractivity contribution in [1.29, 1.82) is 5.26 Å². The predicted octanol–water partition coefficient (Wildman–Crippen LogP) is 1.90. The Labute approximate surface area is 116 Å². The number of nitrogens with zero attached hydrogens (tertiary/aromatic N) is 3. The maximum atomic E-state index is 12.2. The second-order valence-corrected chi connectivity index (χ2v) is 4.84. The molecule has 0 saturated carbocycles. The van der Waals surface area contributed by atoms with Crippen LogP contribution < -0.4 is 0 Å². The van der Waals surface area contributed by atoms with Crippen LogP contribution in [0.5, 0.6) is 0 Å². The average Bonchev–Trinajstić information content (AvgIpc) is 2.98. The van der Waals surface area contributed by atoms with E-state index in [1.54, 1.807) is 17.0 Å². The standard InChI is InChI=1S/C14H15N3O3/c15-10-12(14(18)16-7-1-2-8-16)9-11-3-5-13(6-4-11)17(19)20/h3-6,12H,1-2,7-9H2. The summed E-state index contributed by atoms with van der Waals surface area (Å²) >= 11 is 0. The Morgan fingerprint density at radius 1 is 1.35 bits per heavy atom. The molecule has 0 N–H and O–H groups in total. The maximum Gasteiger partial charge on any atom is 0.269 e. The number of benzene rings is 1. The zero-order valence-electron chi connectivity index (χ0n) is 11.0. The lowest BCUT2D eigenvalue weighted by atomic mass is 9.99. The third-order valence-corrected chi connectivity index (χ3v) is 3.46. The summed E-state index contributed by atoms with van der Waals surface area (Å²) in [5.74, 6) is -0.849. The summed E-state index contributed by atoms with van der Waals surface area (Å²) in [5, 5.41) is 19.7. The number of hydrogen-bond acceptors (Lipinski definition) is 4. The molecule has 1 saturated heterocycles. The van der Waals surface area contributed by atoms with Crippen molar-refractivity contribution in [1.82, 2.24) is 4.90 Å². The van der Waals surface area contributed by atoms with Crippen molar-refractivity contribution in [3.63, 3.8) is 0 Å². The molecular formula is C14H15N3O3. The molecule has 1 aromatic carbocycles. The first-order chi connectivity index (χ1) is 9.61. The third kappa shape index (κ3) is 3.12. The Morgan fingerprint density at radius 2 is 1.95 bits per heavy atom. The van der Waals surface area contributed by atoms with Crippen molar-refractivity contribution in [2.75, 3.05) is 13.1 Å². The van der Waals surface area contributed by atoms with Gasteiger partial charge in [0.15, 0.2) is 0 Å². The van der Waals surface area contributed by atoms with Crippen LogP contribution in [0.15, 0.2) is 24.3 Å². The summed E-state index contributed by atoms with van der Waals surface area (Å²) in [5.41, 5.74) is 0.767. The number of nitro groups is 1. The Balaban J connectivity index is 2.04. The van der Waals surface area contributed by atoms with Gasteiger partial charge in [-0.3, -0.25) is 14.9 Å². The van der Waals surface area contributed by atoms with Crippen molar-refractivity contribution < 1.29 is 9.72 Å². The molecule has 1 aliphatic heterocycles. The van der Waals surface area contributed by atoms with Gasteiger partial charge in [0.25, 0.3) is 5.69 Å². The average molecular weight is 273 g/mol. The highest BCUT2D eigenvalue weighted by Crippen LogP contribution is 2.18. The van der Waals surface area contributed by atoms with Crippen LogP contribution in [0.25, 0.3) is 0 Å². The minimum absolute atomic E-state index is 0.00753. The van der Waals surface area contributed by atoms with Gasteiger partial charge in [0.2, 0.25) is 5.91 Å². The summed E-state index contributed by atoms with van der Waals surface area (Å²) < 4.78 is 0. The molecule has 0 spiro atoms. The highest BCUT2D eigenvalue weighted by molar-refractivity contribution is 5.81. The number of likely N-dealkylation sites (tertiary alicyclic amines) is 1. The molecule has 0 bridgehead atoms. The Hall–Kier alpha value is -2.42. The van der Waals surface area contributed by atoms with Crippen LogP contribution >= 0.6 is 0 Å². The van der Waals surface area contributed by atoms with Gasteiger partial charge in [0.05, 0.1) is 11.0 Å². The molecule has 1 unspecified atom stereocenters. The number of carbonyl (C=O) groups is 1. The van der Waals surface area contributed by atoms with Gasteiger partial charge >= 0.3 is 0 Å². The van der Waals surface area contributed by atoms with Crippen LogP contribution in [0.4, 0.5) is 5.69 Å². The zero-order chi connectivity index (χ0) is 14.5. The molecule has 1 atom stereocenters. The molecule has 2 rings (SSSR count). The molecule has 104 valence electrons. The molecule has 0 radical (unpaired) electrons. The van der Waals surface area contributed by atoms with E-state index in [0.29, 0.717) is 6.42 Å². The van der Waals surface area contributed by atoms with Crippen molar-refractivity contribution in [2.24, 2.45) is 5.92 Å². The van der Waals surface area contributed by atoms with Crippen LogP contribution in [0.2, 0.25) is 0 Å². The van der Waals surface area contributed by atoms with Crippen molar-refractivity contribution in [3.05, 3.63) is 39.9 Å². The molecule has 0 aliphatic carbocycles. The number of carbonyl (C=O) groups excluding carboxylic acids is 1. The number of nitro benzene ring substituents is 1. The molecule has 1 heterocycles. The first kappa shape index (κ1) is 14.0. The minimum atomic E-state index is -0.713. The number of hydrogen-bond donors (Lipinski definition) is 0. The smallest absolute Gasteiger partial charge is 0.269 e. The van der Waals surface area contributed by atoms with Crippen LogP contribution in [0.3, 0.4) is 0 Å². The van der Waals surface area contributed by atoms with Crippen LogP contribution in [-0.4, -0.2) is 28.8 Å². The van der Waals surface area contributed by atoms with Crippen molar-refractivity contribution in [2.45, 2.75) is 19.3 Å². The van der Waals surface area contributed by atoms with Crippen LogP contribution in [-0.2, 0) is 11.2 Å². The molecule has 1 aromatic rings. The highest BCUT2D eigenvalue weighted by Gasteiger charge is 2.26. The Morgan fingerprint density at radius 3 is 2.45 bits per heavy atom. The Kier molecular flexibility index (Phi) is 4.31. The number of non-ortho nitro benzene ring substituents is 1. The molecule has 6 heteroatoms. The molecule has 0 aromatic heterocycles. The molecule has 1 amide bonds. The van der Waals surface area contributed by atoms with Gasteiger partial charge in [-0.1, -0.05) is 12.1 Å². The summed E-state index contributed by atoms with van der Waals surface area (Å²) in [6.45, 7) is 1.44. The van der Waals surface area contributed by atoms with Gasteiger partial charge in [0, 0.05) is 25.2 Å². The Bertz CT molecular complexity index is 542. The van der Waals surface area contributed by atoms with E-state index in [1.807, 2.05) is 6.07 Å². The van der Waals surface area contributed by atoms with Gasteiger partial charge in [-0.15, -0.1) is 0 Å². The van der Waals surface area contributed by atoms with Crippen LogP contribution in [0, 0.1) is 27.4 Å². The lowest BCUT2D eigenvalue weighted by Crippen LogP contribution is -2.34. The quantitative estimate of drug-likeness (QED) is 0.619. The zero-order valence-corrected chi connectivity index (χ0v) is 11.0. The van der Waals surface area contributed by atoms with E-state index in [1.165, 1.54) is 12.1 Å². The summed E-state index contributed by atoms with van der Waals surface area (Å²) in [7, 11) is 0. The fourth-order valence-electron chi connectivity index (χ4n) is 2.34. The van der Waals surface area contributed by atoms with E-state index in [4.69, 9.17) is 5.26 Å². The van der Waals surface area contributed by atoms with Crippen molar-refractivity contribution in [3.8, 4) is 6.07 Å². The molecule has 6 nitrogen and oxygen atoms in total. The molecule has 20 heavy (non-hydrogen) atoms. The number of rotatable bonds is 4. The summed E-state index contributed by atoms with van der Waals surface area (Å²) in [6, 6.07) is 8.02. The van der Waals surface area contributed by atoms with E-state index in [9.17, 15) is 14.9 Å². The number of amides is 1. The second-order valence-electron chi connectivity index (χ2n) is 4.84. The topological polar surface area (TPSA) is 87.2 Å². The first-order valence-electron chi connectivity index (χ1n) is 6.53. The monoisotopic (exact) mass is 273 g/mol. The van der Waals surface area contributed by atoms with Gasteiger partial charge < -0.3 is 4.90 Å². The molecular weight excluding hydrogens is 258 g/mol. The van der Waals surface area contributed by atoms with Gasteiger partial charge in [-0.25, -0.2) is 0 Å². The van der Waals surface area contributed by atoms with Crippen LogP contribution in [0.1, 0.15) is 18.4 Å². The van der Waals surface area contributed by atoms with Gasteiger partial charge in [-0.05, 0) is 24.8 Å². The SMILES string of the molecule is N#CC(Cc1ccc([N+](=O)[O-])cc1)C(=O)N1CCCC1. The third-order valence-electron chi connectivity index (χ3n) is 3.46. The molecule has 1 aliphatic rings. The van der Waals surface area contributed by atoms with E-state index in [-0.39, 0.29) is 11.6 Å². The largest absolute Gasteiger partial charge is 0.342 e. The number of nitriles is 1. The predicted molar refractivity (Wildman–Crippen MR) is 71.7 cm³/mol. The maximum absolute atomic E-state index is 12.2. The van der Waals surface area contributed by atoms with E-state index in [0.717, 1.165) is 31.5 Å².